The molecule has 2 aromatic rings. The Kier molecular flexibility index (Phi) is 8.05. The Morgan fingerprint density at radius 2 is 1.21 bits per heavy atom. The van der Waals surface area contributed by atoms with Gasteiger partial charge in [-0.3, -0.25) is 29.0 Å². The van der Waals surface area contributed by atoms with Crippen molar-refractivity contribution in [1.29, 1.82) is 0 Å². The Morgan fingerprint density at radius 1 is 0.794 bits per heavy atom. The number of thiocarbonyl (C=S) groups is 2. The van der Waals surface area contributed by atoms with E-state index in [0.717, 1.165) is 23.5 Å². The minimum Gasteiger partial charge on any atom is -0.302 e. The number of nitrogens with one attached hydrogen (secondary N) is 2. The van der Waals surface area contributed by atoms with Crippen molar-refractivity contribution in [2.75, 3.05) is 23.7 Å². The van der Waals surface area contributed by atoms with Crippen molar-refractivity contribution in [3.8, 4) is 0 Å². The van der Waals surface area contributed by atoms with Gasteiger partial charge in [0.2, 0.25) is 11.8 Å². The molecule has 4 heterocycles. The van der Waals surface area contributed by atoms with Gasteiger partial charge in [0.15, 0.2) is 10.3 Å². The van der Waals surface area contributed by atoms with Crippen molar-refractivity contribution < 1.29 is 19.2 Å². The van der Waals surface area contributed by atoms with Crippen LogP contribution in [0, 0.1) is 0 Å². The molecular formula is C18H14N6O4S6. The lowest BCUT2D eigenvalue weighted by Gasteiger charge is -2.14. The Morgan fingerprint density at radius 3 is 1.56 bits per heavy atom. The third-order valence-corrected chi connectivity index (χ3v) is 8.79. The number of rotatable bonds is 8. The van der Waals surface area contributed by atoms with Crippen LogP contribution in [-0.2, 0) is 19.2 Å². The number of aromatic nitrogens is 2. The third-order valence-electron chi connectivity index (χ3n) is 4.39. The fraction of sp³-hybridized carbons (Fsp3) is 0.222. The topological polar surface area (TPSA) is 125 Å². The van der Waals surface area contributed by atoms with E-state index in [-0.39, 0.29) is 56.2 Å². The number of thioether (sulfide) groups is 2. The van der Waals surface area contributed by atoms with Crippen LogP contribution in [0.15, 0.2) is 33.0 Å². The normalized spacial score (nSPS) is 18.2. The van der Waals surface area contributed by atoms with Gasteiger partial charge in [-0.05, 0) is 0 Å². The van der Waals surface area contributed by atoms with Gasteiger partial charge in [-0.2, -0.15) is 0 Å². The highest BCUT2D eigenvalue weighted by Gasteiger charge is 2.42. The van der Waals surface area contributed by atoms with Crippen LogP contribution >= 0.6 is 70.6 Å². The maximum atomic E-state index is 13.0. The second-order valence-electron chi connectivity index (χ2n) is 6.58. The van der Waals surface area contributed by atoms with E-state index >= 15 is 0 Å². The molecule has 34 heavy (non-hydrogen) atoms. The molecule has 0 aliphatic carbocycles. The van der Waals surface area contributed by atoms with Gasteiger partial charge < -0.3 is 10.6 Å². The van der Waals surface area contributed by atoms with Gasteiger partial charge in [0, 0.05) is 49.1 Å². The quantitative estimate of drug-likeness (QED) is 0.362. The molecule has 176 valence electrons. The molecular weight excluding hydrogens is 557 g/mol. The van der Waals surface area contributed by atoms with E-state index in [0.29, 0.717) is 10.3 Å². The smallest absolute Gasteiger partial charge is 0.267 e. The Labute approximate surface area is 220 Å². The molecule has 0 aromatic carbocycles. The van der Waals surface area contributed by atoms with E-state index in [2.05, 4.69) is 20.6 Å². The summed E-state index contributed by atoms with van der Waals surface area (Å²) in [5.41, 5.74) is 0. The van der Waals surface area contributed by atoms with E-state index in [1.165, 1.54) is 32.5 Å². The van der Waals surface area contributed by atoms with Gasteiger partial charge in [-0.25, -0.2) is 9.97 Å². The molecule has 0 radical (unpaired) electrons. The first-order chi connectivity index (χ1) is 16.3. The summed E-state index contributed by atoms with van der Waals surface area (Å²) in [7, 11) is 0. The fourth-order valence-electron chi connectivity index (χ4n) is 2.82. The molecule has 0 atom stereocenters. The standard InChI is InChI=1S/C18H14N6O4S6/c25-9(21-15-19-3-7-31-15)1-5-23-13(27)11(33-17(23)29)12-14(28)24(18(30)34-12)6-2-10(26)22-16-20-4-8-32-16/h3-4,7-8H,1-2,5-6H2,(H,19,21,25)(H,20,22,26)/b12-11+. The molecule has 4 amide bonds. The molecule has 2 aliphatic rings. The Balaban J connectivity index is 1.35. The number of hydrogen-bond acceptors (Lipinski definition) is 12. The molecule has 16 heteroatoms. The average molecular weight is 571 g/mol. The van der Waals surface area contributed by atoms with Gasteiger partial charge >= 0.3 is 0 Å². The summed E-state index contributed by atoms with van der Waals surface area (Å²) in [6.45, 7) is 0.144. The number of anilines is 2. The summed E-state index contributed by atoms with van der Waals surface area (Å²) in [6.07, 6.45) is 3.20. The lowest BCUT2D eigenvalue weighted by atomic mass is 10.3. The first-order valence-electron chi connectivity index (χ1n) is 9.54. The summed E-state index contributed by atoms with van der Waals surface area (Å²) >= 11 is 15.2. The first kappa shape index (κ1) is 24.9. The molecule has 0 saturated carbocycles. The van der Waals surface area contributed by atoms with E-state index in [4.69, 9.17) is 24.4 Å². The highest BCUT2D eigenvalue weighted by atomic mass is 32.2. The molecule has 2 fully saturated rings. The molecule has 2 saturated heterocycles. The number of carbonyl (C=O) groups excluding carboxylic acids is 4. The number of nitrogens with zero attached hydrogens (tertiary/aromatic N) is 4. The zero-order chi connectivity index (χ0) is 24.2. The molecule has 0 bridgehead atoms. The zero-order valence-corrected chi connectivity index (χ0v) is 21.9. The monoisotopic (exact) mass is 570 g/mol. The maximum Gasteiger partial charge on any atom is 0.267 e. The lowest BCUT2D eigenvalue weighted by Crippen LogP contribution is -2.33. The Bertz CT molecular complexity index is 1100. The van der Waals surface area contributed by atoms with Gasteiger partial charge in [0.1, 0.15) is 8.64 Å². The molecule has 2 aliphatic heterocycles. The molecule has 2 aromatic heterocycles. The van der Waals surface area contributed by atoms with E-state index in [1.807, 2.05) is 0 Å². The van der Waals surface area contributed by atoms with Crippen LogP contribution in [-0.4, -0.2) is 65.1 Å². The van der Waals surface area contributed by atoms with Crippen molar-refractivity contribution >= 4 is 113 Å². The van der Waals surface area contributed by atoms with Crippen LogP contribution in [0.25, 0.3) is 0 Å². The van der Waals surface area contributed by atoms with E-state index in [9.17, 15) is 19.2 Å². The summed E-state index contributed by atoms with van der Waals surface area (Å²) in [5, 5.41) is 9.71. The number of thiazole rings is 2. The zero-order valence-electron chi connectivity index (χ0n) is 17.0. The van der Waals surface area contributed by atoms with Gasteiger partial charge in [-0.1, -0.05) is 48.0 Å². The molecule has 4 rings (SSSR count). The predicted octanol–water partition coefficient (Wildman–Crippen LogP) is 2.89. The van der Waals surface area contributed by atoms with Crippen LogP contribution in [0.5, 0.6) is 0 Å². The van der Waals surface area contributed by atoms with Crippen LogP contribution in [0.1, 0.15) is 12.8 Å². The second kappa shape index (κ2) is 11.0. The highest BCUT2D eigenvalue weighted by Crippen LogP contribution is 2.42. The largest absolute Gasteiger partial charge is 0.302 e. The summed E-state index contributed by atoms with van der Waals surface area (Å²) in [4.78, 5) is 61.1. The van der Waals surface area contributed by atoms with Crippen LogP contribution in [0.3, 0.4) is 0 Å². The summed E-state index contributed by atoms with van der Waals surface area (Å²) in [5.74, 6) is -1.49. The molecule has 0 unspecified atom stereocenters. The van der Waals surface area contributed by atoms with Gasteiger partial charge in [-0.15, -0.1) is 22.7 Å². The van der Waals surface area contributed by atoms with Crippen molar-refractivity contribution in [3.63, 3.8) is 0 Å². The minimum absolute atomic E-state index is 0.0223. The number of hydrogen-bond donors (Lipinski definition) is 2. The summed E-state index contributed by atoms with van der Waals surface area (Å²) in [6, 6.07) is 0. The van der Waals surface area contributed by atoms with Crippen LogP contribution in [0.4, 0.5) is 10.3 Å². The van der Waals surface area contributed by atoms with Crippen LogP contribution in [0.2, 0.25) is 0 Å². The maximum absolute atomic E-state index is 13.0. The lowest BCUT2D eigenvalue weighted by molar-refractivity contribution is -0.125. The fourth-order valence-corrected chi connectivity index (χ4v) is 6.68. The summed E-state index contributed by atoms with van der Waals surface area (Å²) < 4.78 is 0.519. The number of amides is 4. The molecule has 10 nitrogen and oxygen atoms in total. The number of carbonyl (C=O) groups is 4. The van der Waals surface area contributed by atoms with E-state index in [1.54, 1.807) is 23.2 Å². The highest BCUT2D eigenvalue weighted by molar-refractivity contribution is 8.29. The van der Waals surface area contributed by atoms with E-state index < -0.39 is 11.8 Å². The van der Waals surface area contributed by atoms with Gasteiger partial charge in [0.25, 0.3) is 11.8 Å². The minimum atomic E-state index is -0.445. The van der Waals surface area contributed by atoms with Gasteiger partial charge in [0.05, 0.1) is 9.81 Å². The Hall–Kier alpha value is -2.24. The third kappa shape index (κ3) is 5.69. The van der Waals surface area contributed by atoms with Crippen molar-refractivity contribution in [1.82, 2.24) is 19.8 Å². The molecule has 2 N–H and O–H groups in total. The van der Waals surface area contributed by atoms with Crippen molar-refractivity contribution in [2.24, 2.45) is 0 Å². The predicted molar refractivity (Wildman–Crippen MR) is 142 cm³/mol. The molecule has 0 spiro atoms. The first-order valence-corrected chi connectivity index (χ1v) is 13.7. The average Bonchev–Trinajstić information content (AvgIpc) is 3.57. The van der Waals surface area contributed by atoms with Crippen molar-refractivity contribution in [3.05, 3.63) is 33.0 Å². The van der Waals surface area contributed by atoms with Crippen molar-refractivity contribution in [2.45, 2.75) is 12.8 Å². The second-order valence-corrected chi connectivity index (χ2v) is 11.7. The van der Waals surface area contributed by atoms with Crippen LogP contribution < -0.4 is 10.6 Å². The SMILES string of the molecule is O=C(CCN1C(=O)/C(=C2\SC(=S)N(CCC(=O)Nc3nccs3)C2=O)SC1=S)Nc1nccs1.